The molecule has 0 fully saturated rings. The van der Waals surface area contributed by atoms with E-state index in [1.54, 1.807) is 7.11 Å². The molecule has 0 saturated heterocycles. The fourth-order valence-corrected chi connectivity index (χ4v) is 1.67. The van der Waals surface area contributed by atoms with E-state index < -0.39 is 0 Å². The Morgan fingerprint density at radius 3 is 2.72 bits per heavy atom. The maximum Gasteiger partial charge on any atom is 0.144 e. The van der Waals surface area contributed by atoms with E-state index in [4.69, 9.17) is 15.2 Å². The normalized spacial score (nSPS) is 10.4. The van der Waals surface area contributed by atoms with Crippen molar-refractivity contribution in [1.29, 1.82) is 0 Å². The average Bonchev–Trinajstić information content (AvgIpc) is 2.38. The van der Waals surface area contributed by atoms with Gasteiger partial charge in [0, 0.05) is 39.1 Å². The third kappa shape index (κ3) is 4.45. The summed E-state index contributed by atoms with van der Waals surface area (Å²) in [6.45, 7) is 4.50. The molecule has 2 N–H and O–H groups in total. The van der Waals surface area contributed by atoms with Gasteiger partial charge in [0.15, 0.2) is 0 Å². The maximum atomic E-state index is 5.89. The molecule has 0 aliphatic carbocycles. The molecule has 0 saturated carbocycles. The number of nitrogens with two attached hydrogens (primary N) is 1. The smallest absolute Gasteiger partial charge is 0.144 e. The molecule has 18 heavy (non-hydrogen) atoms. The molecule has 4 nitrogen and oxygen atoms in total. The van der Waals surface area contributed by atoms with Gasteiger partial charge < -0.3 is 20.1 Å². The van der Waals surface area contributed by atoms with Crippen molar-refractivity contribution in [3.05, 3.63) is 18.2 Å². The molecule has 0 amide bonds. The number of anilines is 2. The first-order valence-corrected chi connectivity index (χ1v) is 6.41. The quantitative estimate of drug-likeness (QED) is 0.570. The number of hydrogen-bond donors (Lipinski definition) is 1. The van der Waals surface area contributed by atoms with E-state index in [-0.39, 0.29) is 0 Å². The highest BCUT2D eigenvalue weighted by molar-refractivity contribution is 5.62. The van der Waals surface area contributed by atoms with Gasteiger partial charge in [-0.3, -0.25) is 0 Å². The van der Waals surface area contributed by atoms with E-state index in [1.165, 1.54) is 0 Å². The molecule has 0 spiro atoms. The molecule has 102 valence electrons. The number of rotatable bonds is 8. The van der Waals surface area contributed by atoms with Crippen LogP contribution in [0.15, 0.2) is 18.2 Å². The number of nitrogen functional groups attached to an aromatic ring is 1. The second-order valence-corrected chi connectivity index (χ2v) is 4.34. The van der Waals surface area contributed by atoms with Gasteiger partial charge in [-0.05, 0) is 25.0 Å². The van der Waals surface area contributed by atoms with Crippen LogP contribution >= 0.6 is 0 Å². The second-order valence-electron chi connectivity index (χ2n) is 4.34. The Bertz CT molecular complexity index is 356. The van der Waals surface area contributed by atoms with Crippen LogP contribution in [-0.2, 0) is 4.74 Å². The zero-order chi connectivity index (χ0) is 13.4. The zero-order valence-corrected chi connectivity index (χ0v) is 11.6. The molecule has 0 atom stereocenters. The van der Waals surface area contributed by atoms with Crippen molar-refractivity contribution >= 4 is 11.4 Å². The molecule has 0 aliphatic heterocycles. The number of ether oxygens (including phenoxy) is 2. The van der Waals surface area contributed by atoms with Gasteiger partial charge in [-0.25, -0.2) is 0 Å². The Morgan fingerprint density at radius 1 is 1.28 bits per heavy atom. The first-order valence-electron chi connectivity index (χ1n) is 6.41. The molecular formula is C14H24N2O2. The Kier molecular flexibility index (Phi) is 6.36. The summed E-state index contributed by atoms with van der Waals surface area (Å²) in [5.74, 6) is 0.771. The number of hydrogen-bond acceptors (Lipinski definition) is 4. The molecule has 1 aromatic rings. The summed E-state index contributed by atoms with van der Waals surface area (Å²) < 4.78 is 10.7. The number of methoxy groups -OCH3 is 1. The summed E-state index contributed by atoms with van der Waals surface area (Å²) in [6, 6.07) is 5.91. The molecule has 0 heterocycles. The summed E-state index contributed by atoms with van der Waals surface area (Å²) in [5.41, 5.74) is 7.70. The van der Waals surface area contributed by atoms with E-state index in [1.807, 2.05) is 18.2 Å². The zero-order valence-electron chi connectivity index (χ0n) is 11.6. The van der Waals surface area contributed by atoms with Crippen LogP contribution in [0.3, 0.4) is 0 Å². The van der Waals surface area contributed by atoms with Crippen LogP contribution < -0.4 is 15.4 Å². The van der Waals surface area contributed by atoms with Crippen LogP contribution in [0.1, 0.15) is 19.8 Å². The van der Waals surface area contributed by atoms with Gasteiger partial charge >= 0.3 is 0 Å². The third-order valence-corrected chi connectivity index (χ3v) is 2.74. The van der Waals surface area contributed by atoms with Gasteiger partial charge in [0.1, 0.15) is 5.75 Å². The Hall–Kier alpha value is -1.42. The van der Waals surface area contributed by atoms with Crippen LogP contribution in [-0.4, -0.2) is 33.9 Å². The predicted octanol–water partition coefficient (Wildman–Crippen LogP) is 2.53. The first-order chi connectivity index (χ1) is 8.69. The van der Waals surface area contributed by atoms with Crippen molar-refractivity contribution in [2.45, 2.75) is 19.8 Å². The van der Waals surface area contributed by atoms with Crippen molar-refractivity contribution in [1.82, 2.24) is 0 Å². The molecule has 0 bridgehead atoms. The molecule has 0 aliphatic rings. The minimum Gasteiger partial charge on any atom is -0.491 e. The molecule has 0 unspecified atom stereocenters. The van der Waals surface area contributed by atoms with Gasteiger partial charge in [0.25, 0.3) is 0 Å². The third-order valence-electron chi connectivity index (χ3n) is 2.74. The highest BCUT2D eigenvalue weighted by Gasteiger charge is 2.05. The predicted molar refractivity (Wildman–Crippen MR) is 76.4 cm³/mol. The van der Waals surface area contributed by atoms with E-state index >= 15 is 0 Å². The van der Waals surface area contributed by atoms with Gasteiger partial charge in [-0.2, -0.15) is 0 Å². The van der Waals surface area contributed by atoms with Crippen molar-refractivity contribution in [2.24, 2.45) is 0 Å². The lowest BCUT2D eigenvalue weighted by molar-refractivity contribution is 0.196. The summed E-state index contributed by atoms with van der Waals surface area (Å²) in [7, 11) is 3.78. The van der Waals surface area contributed by atoms with Crippen LogP contribution in [0.4, 0.5) is 11.4 Å². The van der Waals surface area contributed by atoms with E-state index in [0.717, 1.165) is 37.4 Å². The highest BCUT2D eigenvalue weighted by atomic mass is 16.5. The van der Waals surface area contributed by atoms with Crippen molar-refractivity contribution in [3.8, 4) is 5.75 Å². The molecular weight excluding hydrogens is 228 g/mol. The van der Waals surface area contributed by atoms with Crippen molar-refractivity contribution in [2.75, 3.05) is 44.5 Å². The topological polar surface area (TPSA) is 47.7 Å². The molecule has 4 heteroatoms. The lowest BCUT2D eigenvalue weighted by Gasteiger charge is -2.20. The maximum absolute atomic E-state index is 5.89. The fraction of sp³-hybridized carbons (Fsp3) is 0.571. The monoisotopic (exact) mass is 252 g/mol. The first kappa shape index (κ1) is 14.6. The highest BCUT2D eigenvalue weighted by Crippen LogP contribution is 2.27. The largest absolute Gasteiger partial charge is 0.491 e. The van der Waals surface area contributed by atoms with E-state index in [0.29, 0.717) is 12.3 Å². The minimum atomic E-state index is 0.692. The van der Waals surface area contributed by atoms with Crippen molar-refractivity contribution in [3.63, 3.8) is 0 Å². The second kappa shape index (κ2) is 7.82. The number of benzene rings is 1. The van der Waals surface area contributed by atoms with Crippen LogP contribution in [0.25, 0.3) is 0 Å². The van der Waals surface area contributed by atoms with Crippen LogP contribution in [0, 0.1) is 0 Å². The molecule has 0 radical (unpaired) electrons. The SMILES string of the molecule is CCCOc1cc(N(C)CCCOC)ccc1N. The average molecular weight is 252 g/mol. The van der Waals surface area contributed by atoms with Crippen LogP contribution in [0.2, 0.25) is 0 Å². The fourth-order valence-electron chi connectivity index (χ4n) is 1.67. The van der Waals surface area contributed by atoms with Crippen molar-refractivity contribution < 1.29 is 9.47 Å². The van der Waals surface area contributed by atoms with Gasteiger partial charge in [0.05, 0.1) is 12.3 Å². The lowest BCUT2D eigenvalue weighted by Crippen LogP contribution is -2.19. The molecule has 1 rings (SSSR count). The minimum absolute atomic E-state index is 0.692. The Morgan fingerprint density at radius 2 is 2.06 bits per heavy atom. The Balaban J connectivity index is 2.64. The van der Waals surface area contributed by atoms with Crippen LogP contribution in [0.5, 0.6) is 5.75 Å². The van der Waals surface area contributed by atoms with Gasteiger partial charge in [-0.15, -0.1) is 0 Å². The number of nitrogens with zero attached hydrogens (tertiary/aromatic N) is 1. The lowest BCUT2D eigenvalue weighted by atomic mass is 10.2. The summed E-state index contributed by atoms with van der Waals surface area (Å²) in [4.78, 5) is 2.18. The molecule has 0 aromatic heterocycles. The molecule has 1 aromatic carbocycles. The van der Waals surface area contributed by atoms with E-state index in [9.17, 15) is 0 Å². The summed E-state index contributed by atoms with van der Waals surface area (Å²) in [5, 5.41) is 0. The Labute approximate surface area is 110 Å². The standard InChI is InChI=1S/C14H24N2O2/c1-4-9-18-14-11-12(6-7-13(14)15)16(2)8-5-10-17-3/h6-7,11H,4-5,8-10,15H2,1-3H3. The van der Waals surface area contributed by atoms with E-state index in [2.05, 4.69) is 18.9 Å². The van der Waals surface area contributed by atoms with Gasteiger partial charge in [0.2, 0.25) is 0 Å². The van der Waals surface area contributed by atoms with Gasteiger partial charge in [-0.1, -0.05) is 6.92 Å². The summed E-state index contributed by atoms with van der Waals surface area (Å²) in [6.07, 6.45) is 1.98. The summed E-state index contributed by atoms with van der Waals surface area (Å²) >= 11 is 0.